The number of carbonyl (C=O) groups is 2. The zero-order chi connectivity index (χ0) is 16.8. The number of carbonyl (C=O) groups excluding carboxylic acids is 2. The Bertz CT molecular complexity index is 533. The van der Waals surface area contributed by atoms with Gasteiger partial charge in [0.05, 0.1) is 6.20 Å². The lowest BCUT2D eigenvalue weighted by Crippen LogP contribution is -2.36. The normalized spacial score (nSPS) is 24.3. The van der Waals surface area contributed by atoms with E-state index >= 15 is 0 Å². The molecular weight excluding hydrogens is 296 g/mol. The van der Waals surface area contributed by atoms with Crippen molar-refractivity contribution in [2.24, 2.45) is 17.8 Å². The van der Waals surface area contributed by atoms with Crippen molar-refractivity contribution < 1.29 is 19.1 Å². The standard InChI is InChI=1S/C17H24N2O4/c1-11(2)13-5-4-12(3)8-15(13)23-16(20)10-22-17(21)14-9-18-6-7-19-14/h6-7,9,11-13,15H,4-5,8,10H2,1-3H3/t12-,13-,15+/m1/s1. The lowest BCUT2D eigenvalue weighted by molar-refractivity contribution is -0.159. The third kappa shape index (κ3) is 5.01. The van der Waals surface area contributed by atoms with Gasteiger partial charge in [0.2, 0.25) is 0 Å². The van der Waals surface area contributed by atoms with Gasteiger partial charge in [-0.05, 0) is 30.6 Å². The molecule has 1 aromatic heterocycles. The number of nitrogens with zero attached hydrogens (tertiary/aromatic N) is 2. The minimum atomic E-state index is -0.674. The Hall–Kier alpha value is -1.98. The maximum atomic E-state index is 12.0. The van der Waals surface area contributed by atoms with Crippen LogP contribution in [0.3, 0.4) is 0 Å². The van der Waals surface area contributed by atoms with Crippen LogP contribution in [0.15, 0.2) is 18.6 Å². The predicted molar refractivity (Wildman–Crippen MR) is 83.5 cm³/mol. The largest absolute Gasteiger partial charge is 0.460 e. The molecule has 23 heavy (non-hydrogen) atoms. The number of hydrogen-bond acceptors (Lipinski definition) is 6. The summed E-state index contributed by atoms with van der Waals surface area (Å²) in [6, 6.07) is 0. The fourth-order valence-corrected chi connectivity index (χ4v) is 3.06. The molecule has 0 saturated heterocycles. The summed E-state index contributed by atoms with van der Waals surface area (Å²) in [5.74, 6) is 0.192. The van der Waals surface area contributed by atoms with Crippen molar-refractivity contribution >= 4 is 11.9 Å². The molecule has 0 aromatic carbocycles. The van der Waals surface area contributed by atoms with Crippen molar-refractivity contribution in [1.29, 1.82) is 0 Å². The van der Waals surface area contributed by atoms with Crippen molar-refractivity contribution in [2.45, 2.75) is 46.1 Å². The molecule has 1 aliphatic carbocycles. The van der Waals surface area contributed by atoms with E-state index in [0.717, 1.165) is 12.8 Å². The molecule has 1 heterocycles. The topological polar surface area (TPSA) is 78.4 Å². The van der Waals surface area contributed by atoms with Crippen molar-refractivity contribution in [3.05, 3.63) is 24.3 Å². The first-order chi connectivity index (χ1) is 11.0. The summed E-state index contributed by atoms with van der Waals surface area (Å²) in [4.78, 5) is 31.3. The van der Waals surface area contributed by atoms with Gasteiger partial charge in [-0.2, -0.15) is 0 Å². The summed E-state index contributed by atoms with van der Waals surface area (Å²) in [7, 11) is 0. The van der Waals surface area contributed by atoms with E-state index in [4.69, 9.17) is 9.47 Å². The number of esters is 2. The van der Waals surface area contributed by atoms with Crippen LogP contribution in [-0.2, 0) is 14.3 Å². The predicted octanol–water partition coefficient (Wildman–Crippen LogP) is 2.64. The number of rotatable bonds is 5. The number of ether oxygens (including phenoxy) is 2. The van der Waals surface area contributed by atoms with E-state index in [1.807, 2.05) is 0 Å². The summed E-state index contributed by atoms with van der Waals surface area (Å²) in [6.07, 6.45) is 7.15. The third-order valence-electron chi connectivity index (χ3n) is 4.34. The molecule has 1 fully saturated rings. The number of aromatic nitrogens is 2. The molecule has 6 heteroatoms. The monoisotopic (exact) mass is 320 g/mol. The Labute approximate surface area is 136 Å². The molecule has 0 amide bonds. The van der Waals surface area contributed by atoms with E-state index in [1.165, 1.54) is 25.0 Å². The molecule has 0 bridgehead atoms. The average Bonchev–Trinajstić information content (AvgIpc) is 2.53. The Balaban J connectivity index is 1.84. The lowest BCUT2D eigenvalue weighted by Gasteiger charge is -2.36. The van der Waals surface area contributed by atoms with Gasteiger partial charge in [-0.25, -0.2) is 14.6 Å². The molecule has 6 nitrogen and oxygen atoms in total. The van der Waals surface area contributed by atoms with Crippen LogP contribution in [0, 0.1) is 17.8 Å². The summed E-state index contributed by atoms with van der Waals surface area (Å²) in [5.41, 5.74) is 0.0756. The average molecular weight is 320 g/mol. The van der Waals surface area contributed by atoms with Gasteiger partial charge < -0.3 is 9.47 Å². The van der Waals surface area contributed by atoms with Crippen LogP contribution >= 0.6 is 0 Å². The van der Waals surface area contributed by atoms with Crippen molar-refractivity contribution in [3.63, 3.8) is 0 Å². The van der Waals surface area contributed by atoms with Crippen LogP contribution in [-0.4, -0.2) is 34.6 Å². The van der Waals surface area contributed by atoms with E-state index < -0.39 is 18.5 Å². The van der Waals surface area contributed by atoms with Crippen LogP contribution < -0.4 is 0 Å². The highest BCUT2D eigenvalue weighted by Crippen LogP contribution is 2.35. The SMILES string of the molecule is CC(C)[C@H]1CC[C@@H](C)C[C@@H]1OC(=O)COC(=O)c1cnccn1. The van der Waals surface area contributed by atoms with Crippen LogP contribution in [0.5, 0.6) is 0 Å². The van der Waals surface area contributed by atoms with Gasteiger partial charge in [-0.1, -0.05) is 27.2 Å². The van der Waals surface area contributed by atoms with Gasteiger partial charge >= 0.3 is 11.9 Å². The first kappa shape index (κ1) is 17.4. The van der Waals surface area contributed by atoms with Crippen LogP contribution in [0.25, 0.3) is 0 Å². The second kappa shape index (κ2) is 8.04. The maximum absolute atomic E-state index is 12.0. The fourth-order valence-electron chi connectivity index (χ4n) is 3.06. The van der Waals surface area contributed by atoms with Crippen molar-refractivity contribution in [1.82, 2.24) is 9.97 Å². The quantitative estimate of drug-likeness (QED) is 0.776. The van der Waals surface area contributed by atoms with E-state index in [2.05, 4.69) is 30.7 Å². The fraction of sp³-hybridized carbons (Fsp3) is 0.647. The van der Waals surface area contributed by atoms with E-state index in [-0.39, 0.29) is 11.8 Å². The first-order valence-corrected chi connectivity index (χ1v) is 8.10. The smallest absolute Gasteiger partial charge is 0.359 e. The Kier molecular flexibility index (Phi) is 6.07. The van der Waals surface area contributed by atoms with Gasteiger partial charge in [0.1, 0.15) is 6.10 Å². The van der Waals surface area contributed by atoms with Gasteiger partial charge in [0.25, 0.3) is 0 Å². The minimum absolute atomic E-state index is 0.0756. The molecular formula is C17H24N2O4. The zero-order valence-electron chi connectivity index (χ0n) is 13.9. The molecule has 0 aliphatic heterocycles. The first-order valence-electron chi connectivity index (χ1n) is 8.10. The van der Waals surface area contributed by atoms with E-state index in [0.29, 0.717) is 17.8 Å². The van der Waals surface area contributed by atoms with Crippen molar-refractivity contribution in [3.8, 4) is 0 Å². The molecule has 0 unspecified atom stereocenters. The Morgan fingerprint density at radius 1 is 1.30 bits per heavy atom. The highest BCUT2D eigenvalue weighted by atomic mass is 16.6. The molecule has 3 atom stereocenters. The molecule has 0 N–H and O–H groups in total. The highest BCUT2D eigenvalue weighted by molar-refractivity contribution is 5.88. The molecule has 1 saturated carbocycles. The van der Waals surface area contributed by atoms with Gasteiger partial charge in [-0.3, -0.25) is 4.98 Å². The summed E-state index contributed by atoms with van der Waals surface area (Å²) in [5, 5.41) is 0. The second-order valence-electron chi connectivity index (χ2n) is 6.52. The molecule has 0 spiro atoms. The molecule has 2 rings (SSSR count). The van der Waals surface area contributed by atoms with E-state index in [1.54, 1.807) is 0 Å². The van der Waals surface area contributed by atoms with E-state index in [9.17, 15) is 9.59 Å². The summed E-state index contributed by atoms with van der Waals surface area (Å²) >= 11 is 0. The highest BCUT2D eigenvalue weighted by Gasteiger charge is 2.33. The Morgan fingerprint density at radius 3 is 2.74 bits per heavy atom. The minimum Gasteiger partial charge on any atom is -0.460 e. The van der Waals surface area contributed by atoms with Crippen LogP contribution in [0.4, 0.5) is 0 Å². The molecule has 1 aromatic rings. The van der Waals surface area contributed by atoms with Crippen LogP contribution in [0.2, 0.25) is 0 Å². The maximum Gasteiger partial charge on any atom is 0.359 e. The molecule has 0 radical (unpaired) electrons. The van der Waals surface area contributed by atoms with Crippen LogP contribution in [0.1, 0.15) is 50.5 Å². The van der Waals surface area contributed by atoms with Gasteiger partial charge in [0, 0.05) is 12.4 Å². The zero-order valence-corrected chi connectivity index (χ0v) is 13.9. The Morgan fingerprint density at radius 2 is 2.09 bits per heavy atom. The molecule has 126 valence electrons. The van der Waals surface area contributed by atoms with Gasteiger partial charge in [-0.15, -0.1) is 0 Å². The summed E-state index contributed by atoms with van der Waals surface area (Å²) < 4.78 is 10.5. The third-order valence-corrected chi connectivity index (χ3v) is 4.34. The molecule has 1 aliphatic rings. The number of hydrogen-bond donors (Lipinski definition) is 0. The lowest BCUT2D eigenvalue weighted by atomic mass is 9.75. The summed E-state index contributed by atoms with van der Waals surface area (Å²) in [6.45, 7) is 6.07. The van der Waals surface area contributed by atoms with Gasteiger partial charge in [0.15, 0.2) is 12.3 Å². The second-order valence-corrected chi connectivity index (χ2v) is 6.52. The van der Waals surface area contributed by atoms with Crippen molar-refractivity contribution in [2.75, 3.05) is 6.61 Å².